The molecule has 0 saturated carbocycles. The van der Waals surface area contributed by atoms with E-state index in [-0.39, 0.29) is 12.3 Å². The van der Waals surface area contributed by atoms with E-state index >= 15 is 0 Å². The predicted octanol–water partition coefficient (Wildman–Crippen LogP) is -2.45. The second kappa shape index (κ2) is 7.40. The second-order valence-corrected chi connectivity index (χ2v) is 6.49. The molecular formula is C7H13N5O9P2. The third-order valence-corrected chi connectivity index (χ3v) is 3.69. The van der Waals surface area contributed by atoms with Crippen LogP contribution in [0.25, 0.3) is 0 Å². The topological polar surface area (TPSA) is 237 Å². The van der Waals surface area contributed by atoms with E-state index < -0.39 is 27.8 Å². The maximum Gasteiger partial charge on any atom is 0.478 e. The molecule has 0 aromatic carbocycles. The molecule has 16 heteroatoms. The Labute approximate surface area is 128 Å². The molecule has 1 aliphatic heterocycles. The van der Waals surface area contributed by atoms with Gasteiger partial charge in [0.1, 0.15) is 0 Å². The zero-order valence-electron chi connectivity index (χ0n) is 11.1. The van der Waals surface area contributed by atoms with E-state index in [4.69, 9.17) is 30.4 Å². The average molecular weight is 373 g/mol. The van der Waals surface area contributed by atoms with Gasteiger partial charge in [-0.05, 0) is 0 Å². The maximum atomic E-state index is 11.3. The first-order valence-corrected chi connectivity index (χ1v) is 8.59. The van der Waals surface area contributed by atoms with Crippen molar-refractivity contribution in [1.29, 1.82) is 0 Å². The molecule has 2 rings (SSSR count). The molecule has 1 amide bonds. The first kappa shape index (κ1) is 19.6. The minimum Gasteiger partial charge on any atom is -0.390 e. The highest BCUT2D eigenvalue weighted by atomic mass is 31.3. The fourth-order valence-corrected chi connectivity index (χ4v) is 2.41. The van der Waals surface area contributed by atoms with Crippen LogP contribution in [0.15, 0.2) is 6.20 Å². The fourth-order valence-electron chi connectivity index (χ4n) is 1.30. The van der Waals surface area contributed by atoms with Gasteiger partial charge in [-0.3, -0.25) is 10.5 Å². The predicted molar refractivity (Wildman–Crippen MR) is 72.2 cm³/mol. The molecule has 0 radical (unpaired) electrons. The van der Waals surface area contributed by atoms with Gasteiger partial charge in [0.05, 0.1) is 18.5 Å². The number of nitrogens with one attached hydrogen (secondary N) is 2. The lowest BCUT2D eigenvalue weighted by Crippen LogP contribution is -2.51. The summed E-state index contributed by atoms with van der Waals surface area (Å²) in [5.74, 6) is -0.0625. The number of carbonyl (C=O) groups is 1. The fraction of sp³-hybridized carbons (Fsp3) is 0.286. The van der Waals surface area contributed by atoms with Crippen molar-refractivity contribution in [2.75, 3.05) is 5.32 Å². The van der Waals surface area contributed by atoms with Crippen LogP contribution in [0, 0.1) is 0 Å². The molecule has 1 unspecified atom stereocenters. The van der Waals surface area contributed by atoms with Gasteiger partial charge in [-0.1, -0.05) is 0 Å². The summed E-state index contributed by atoms with van der Waals surface area (Å²) in [6.45, 7) is -0.250. The molecule has 2 heterocycles. The number of fused-ring (bicyclic) bond motifs is 1. The first-order valence-electron chi connectivity index (χ1n) is 5.53. The summed E-state index contributed by atoms with van der Waals surface area (Å²) in [7, 11) is -10.1. The zero-order chi connectivity index (χ0) is 17.8. The first-order chi connectivity index (χ1) is 10.4. The van der Waals surface area contributed by atoms with Crippen LogP contribution in [0.5, 0.6) is 0 Å². The van der Waals surface area contributed by atoms with Gasteiger partial charge in [0, 0.05) is 0 Å². The van der Waals surface area contributed by atoms with Crippen molar-refractivity contribution < 1.29 is 42.9 Å². The normalized spacial score (nSPS) is 17.3. The number of amides is 1. The lowest BCUT2D eigenvalue weighted by Gasteiger charge is -2.22. The van der Waals surface area contributed by atoms with Crippen molar-refractivity contribution >= 4 is 27.4 Å². The number of anilines is 1. The summed E-state index contributed by atoms with van der Waals surface area (Å²) in [5, 5.41) is 14.0. The summed E-state index contributed by atoms with van der Waals surface area (Å²) in [6, 6.07) is 0. The van der Waals surface area contributed by atoms with E-state index in [1.54, 1.807) is 0 Å². The van der Waals surface area contributed by atoms with Crippen LogP contribution in [0.2, 0.25) is 0 Å². The highest BCUT2D eigenvalue weighted by Crippen LogP contribution is 2.53. The van der Waals surface area contributed by atoms with Crippen molar-refractivity contribution in [2.45, 2.75) is 12.9 Å². The Hall–Kier alpha value is -1.47. The Kier molecular flexibility index (Phi) is 6.30. The van der Waals surface area contributed by atoms with Crippen LogP contribution in [0.4, 0.5) is 5.82 Å². The zero-order valence-corrected chi connectivity index (χ0v) is 12.9. The molecule has 23 heavy (non-hydrogen) atoms. The molecule has 9 N–H and O–H groups in total. The van der Waals surface area contributed by atoms with Crippen molar-refractivity contribution in [1.82, 2.24) is 15.3 Å². The summed E-state index contributed by atoms with van der Waals surface area (Å²) >= 11 is 0. The third-order valence-electron chi connectivity index (χ3n) is 1.99. The number of carbonyl (C=O) groups excluding carboxylic acids is 1. The lowest BCUT2D eigenvalue weighted by molar-refractivity contribution is 0.0930. The van der Waals surface area contributed by atoms with Gasteiger partial charge >= 0.3 is 15.6 Å². The Bertz CT molecular complexity index is 652. The molecule has 1 atom stereocenters. The van der Waals surface area contributed by atoms with Crippen LogP contribution >= 0.6 is 15.6 Å². The van der Waals surface area contributed by atoms with E-state index in [1.807, 2.05) is 0 Å². The molecule has 1 aromatic heterocycles. The Morgan fingerprint density at radius 3 is 2.22 bits per heavy atom. The van der Waals surface area contributed by atoms with E-state index in [2.05, 4.69) is 24.9 Å². The number of hydrogen-bond acceptors (Lipinski definition) is 9. The number of aliphatic hydroxyl groups is 1. The quantitative estimate of drug-likeness (QED) is 0.257. The van der Waals surface area contributed by atoms with Gasteiger partial charge in [0.25, 0.3) is 5.91 Å². The molecule has 130 valence electrons. The number of aliphatic hydroxyl groups excluding tert-OH is 1. The van der Waals surface area contributed by atoms with E-state index in [9.17, 15) is 13.9 Å². The number of hydrogen-bond donors (Lipinski definition) is 8. The molecule has 0 fully saturated rings. The smallest absolute Gasteiger partial charge is 0.390 e. The van der Waals surface area contributed by atoms with Crippen LogP contribution < -0.4 is 16.4 Å². The molecule has 0 saturated heterocycles. The summed E-state index contributed by atoms with van der Waals surface area (Å²) < 4.78 is 22.2. The Morgan fingerprint density at radius 2 is 1.78 bits per heavy atom. The number of phosphoric acid groups is 2. The third kappa shape index (κ3) is 7.09. The largest absolute Gasteiger partial charge is 0.478 e. The Morgan fingerprint density at radius 1 is 1.22 bits per heavy atom. The van der Waals surface area contributed by atoms with Gasteiger partial charge < -0.3 is 35.3 Å². The number of nitrogens with two attached hydrogens (primary N) is 1. The van der Waals surface area contributed by atoms with Crippen LogP contribution in [-0.2, 0) is 20.0 Å². The molecular weight excluding hydrogens is 360 g/mol. The van der Waals surface area contributed by atoms with Crippen LogP contribution in [-0.4, -0.2) is 46.8 Å². The minimum atomic E-state index is -5.05. The van der Waals surface area contributed by atoms with Crippen molar-refractivity contribution in [2.24, 2.45) is 5.73 Å². The molecule has 1 aromatic rings. The van der Waals surface area contributed by atoms with E-state index in [0.717, 1.165) is 0 Å². The highest BCUT2D eigenvalue weighted by molar-refractivity contribution is 7.60. The number of nitrogens with zero attached hydrogens (tertiary/aromatic N) is 2. The molecule has 1 aliphatic rings. The summed E-state index contributed by atoms with van der Waals surface area (Å²) in [5.41, 5.74) is 5.95. The van der Waals surface area contributed by atoms with Gasteiger partial charge in [-0.25, -0.2) is 19.1 Å². The van der Waals surface area contributed by atoms with E-state index in [0.29, 0.717) is 11.5 Å². The second-order valence-electron chi connectivity index (χ2n) is 3.87. The SMILES string of the molecule is NC1NC(=O)c2nc(CO)cnc2N1.O=P(O)(O)OP(=O)(O)O. The number of aromatic nitrogens is 2. The standard InChI is InChI=1S/C7H9N5O2.H4O7P2/c8-7-11-5-4(6(14)12-7)10-3(2-13)1-9-5;1-8(2,3)7-9(4,5)6/h1,7,13H,2,8H2,(H,9,11)(H,12,14);(H2,1,2,3)(H2,4,5,6). The average Bonchev–Trinajstić information content (AvgIpc) is 2.34. The van der Waals surface area contributed by atoms with Crippen LogP contribution in [0.1, 0.15) is 16.2 Å². The van der Waals surface area contributed by atoms with Gasteiger partial charge in [0.15, 0.2) is 17.8 Å². The van der Waals surface area contributed by atoms with Crippen molar-refractivity contribution in [3.63, 3.8) is 0 Å². The van der Waals surface area contributed by atoms with Crippen molar-refractivity contribution in [3.8, 4) is 0 Å². The molecule has 14 nitrogen and oxygen atoms in total. The van der Waals surface area contributed by atoms with Gasteiger partial charge in [-0.2, -0.15) is 4.31 Å². The summed E-state index contributed by atoms with van der Waals surface area (Å²) in [4.78, 5) is 50.2. The molecule has 0 aliphatic carbocycles. The highest BCUT2D eigenvalue weighted by Gasteiger charge is 2.28. The van der Waals surface area contributed by atoms with Gasteiger partial charge in [-0.15, -0.1) is 0 Å². The lowest BCUT2D eigenvalue weighted by atomic mass is 10.3. The number of rotatable bonds is 3. The summed E-state index contributed by atoms with van der Waals surface area (Å²) in [6.07, 6.45) is 0.737. The molecule has 0 bridgehead atoms. The Balaban J connectivity index is 0.000000257. The van der Waals surface area contributed by atoms with E-state index in [1.165, 1.54) is 6.20 Å². The maximum absolute atomic E-state index is 11.3. The van der Waals surface area contributed by atoms with Crippen molar-refractivity contribution in [3.05, 3.63) is 17.6 Å². The monoisotopic (exact) mass is 373 g/mol. The minimum absolute atomic E-state index is 0.151. The molecule has 0 spiro atoms. The van der Waals surface area contributed by atoms with Crippen LogP contribution in [0.3, 0.4) is 0 Å². The van der Waals surface area contributed by atoms with Gasteiger partial charge in [0.2, 0.25) is 0 Å².